The van der Waals surface area contributed by atoms with Gasteiger partial charge in [0.15, 0.2) is 0 Å². The first kappa shape index (κ1) is 9.28. The van der Waals surface area contributed by atoms with Crippen molar-refractivity contribution in [2.24, 2.45) is 0 Å². The van der Waals surface area contributed by atoms with Gasteiger partial charge in [0.05, 0.1) is 13.2 Å². The minimum atomic E-state index is -1.03. The summed E-state index contributed by atoms with van der Waals surface area (Å²) in [6.45, 7) is -1.30. The molecule has 0 aromatic carbocycles. The van der Waals surface area contributed by atoms with E-state index in [4.69, 9.17) is 10.2 Å². The highest BCUT2D eigenvalue weighted by molar-refractivity contribution is 4.46. The second kappa shape index (κ2) is 5.10. The van der Waals surface area contributed by atoms with Crippen LogP contribution in [0.1, 0.15) is 0 Å². The molecular weight excluding hydrogens is 142 g/mol. The highest BCUT2D eigenvalue weighted by Gasteiger charge is 2.03. The van der Waals surface area contributed by atoms with Gasteiger partial charge in [-0.15, -0.1) is 0 Å². The molecule has 1 unspecified atom stereocenters. The summed E-state index contributed by atoms with van der Waals surface area (Å²) >= 11 is 0. The molecule has 0 aliphatic carbocycles. The maximum Gasteiger partial charge on any atom is 0.306 e. The minimum Gasteiger partial charge on any atom is -0.394 e. The van der Waals surface area contributed by atoms with Gasteiger partial charge in [-0.25, -0.2) is 0 Å². The number of aliphatic hydroxyl groups excluding tert-OH is 2. The van der Waals surface area contributed by atoms with E-state index in [1.165, 1.54) is 0 Å². The Balaban J connectivity index is 3.11. The lowest BCUT2D eigenvalue weighted by Gasteiger charge is -2.03. The summed E-state index contributed by atoms with van der Waals surface area (Å²) in [5.41, 5.74) is 0. The fourth-order valence-electron chi connectivity index (χ4n) is 0.316. The molecule has 0 aliphatic rings. The third-order valence-corrected chi connectivity index (χ3v) is 0.718. The van der Waals surface area contributed by atoms with E-state index < -0.39 is 24.4 Å². The van der Waals surface area contributed by atoms with Crippen LogP contribution in [0.4, 0.5) is 0 Å². The van der Waals surface area contributed by atoms with Gasteiger partial charge in [-0.1, -0.05) is 0 Å². The molecule has 0 radical (unpaired) electrons. The summed E-state index contributed by atoms with van der Waals surface area (Å²) in [7, 11) is 0. The summed E-state index contributed by atoms with van der Waals surface area (Å²) in [5, 5.41) is 26.4. The summed E-state index contributed by atoms with van der Waals surface area (Å²) in [5.74, 6) is 0. The van der Waals surface area contributed by atoms with Crippen LogP contribution >= 0.6 is 0 Å². The largest absolute Gasteiger partial charge is 0.394 e. The number of hydrogen-bond acceptors (Lipinski definition) is 5. The van der Waals surface area contributed by atoms with Gasteiger partial charge in [0.25, 0.3) is 0 Å². The van der Waals surface area contributed by atoms with Gasteiger partial charge in [-0.05, 0) is 0 Å². The molecule has 0 rings (SSSR count). The maximum atomic E-state index is 9.61. The average molecular weight is 151 g/mol. The van der Waals surface area contributed by atoms with Crippen molar-refractivity contribution in [3.05, 3.63) is 10.1 Å². The van der Waals surface area contributed by atoms with Crippen LogP contribution in [0.3, 0.4) is 0 Å². The minimum absolute atomic E-state index is 0.211. The number of nitro groups is 1. The second-order valence-corrected chi connectivity index (χ2v) is 1.67. The molecule has 1 atom stereocenters. The van der Waals surface area contributed by atoms with Crippen molar-refractivity contribution in [2.45, 2.75) is 6.10 Å². The molecule has 0 aromatic heterocycles. The standard InChI is InChI=1S/C4H9NO5/c6-1-4(7)2-10-3-5(8)9/h4,6-7H,1-3H2. The molecule has 6 heteroatoms. The van der Waals surface area contributed by atoms with Crippen molar-refractivity contribution in [3.63, 3.8) is 0 Å². The molecule has 0 bridgehead atoms. The predicted molar refractivity (Wildman–Crippen MR) is 30.9 cm³/mol. The number of hydrogen-bond donors (Lipinski definition) is 2. The molecule has 60 valence electrons. The quantitative estimate of drug-likeness (QED) is 0.286. The van der Waals surface area contributed by atoms with Crippen LogP contribution in [0.25, 0.3) is 0 Å². The molecule has 0 fully saturated rings. The zero-order valence-electron chi connectivity index (χ0n) is 5.27. The highest BCUT2D eigenvalue weighted by Crippen LogP contribution is 1.82. The van der Waals surface area contributed by atoms with Crippen LogP contribution in [0.5, 0.6) is 0 Å². The van der Waals surface area contributed by atoms with Crippen molar-refractivity contribution in [1.29, 1.82) is 0 Å². The van der Waals surface area contributed by atoms with Crippen LogP contribution < -0.4 is 0 Å². The van der Waals surface area contributed by atoms with Crippen LogP contribution in [0.15, 0.2) is 0 Å². The highest BCUT2D eigenvalue weighted by atomic mass is 16.7. The van der Waals surface area contributed by atoms with Crippen molar-refractivity contribution < 1.29 is 19.9 Å². The van der Waals surface area contributed by atoms with Gasteiger partial charge in [-0.3, -0.25) is 10.1 Å². The summed E-state index contributed by atoms with van der Waals surface area (Å²) < 4.78 is 4.34. The number of aliphatic hydroxyl groups is 2. The first-order valence-electron chi connectivity index (χ1n) is 2.65. The van der Waals surface area contributed by atoms with Gasteiger partial charge >= 0.3 is 6.73 Å². The van der Waals surface area contributed by atoms with Crippen molar-refractivity contribution in [2.75, 3.05) is 19.9 Å². The molecule has 2 N–H and O–H groups in total. The molecule has 0 spiro atoms. The van der Waals surface area contributed by atoms with E-state index in [9.17, 15) is 10.1 Å². The molecule has 6 nitrogen and oxygen atoms in total. The fourth-order valence-corrected chi connectivity index (χ4v) is 0.316. The summed E-state index contributed by atoms with van der Waals surface area (Å²) in [4.78, 5) is 8.94. The lowest BCUT2D eigenvalue weighted by atomic mass is 10.4. The van der Waals surface area contributed by atoms with E-state index in [1.54, 1.807) is 0 Å². The van der Waals surface area contributed by atoms with E-state index in [0.29, 0.717) is 0 Å². The van der Waals surface area contributed by atoms with E-state index in [-0.39, 0.29) is 6.61 Å². The zero-order valence-corrected chi connectivity index (χ0v) is 5.27. The maximum absolute atomic E-state index is 9.61. The van der Waals surface area contributed by atoms with Crippen molar-refractivity contribution in [3.8, 4) is 0 Å². The lowest BCUT2D eigenvalue weighted by molar-refractivity contribution is -0.527. The van der Waals surface area contributed by atoms with Gasteiger partial charge in [0, 0.05) is 4.92 Å². The Bertz CT molecular complexity index is 106. The average Bonchev–Trinajstić information content (AvgIpc) is 1.87. The number of nitrogens with zero attached hydrogens (tertiary/aromatic N) is 1. The number of ether oxygens (including phenoxy) is 1. The van der Waals surface area contributed by atoms with E-state index >= 15 is 0 Å². The third kappa shape index (κ3) is 5.42. The monoisotopic (exact) mass is 151 g/mol. The first-order valence-corrected chi connectivity index (χ1v) is 2.65. The van der Waals surface area contributed by atoms with E-state index in [2.05, 4.69) is 4.74 Å². The zero-order chi connectivity index (χ0) is 7.98. The molecule has 0 heterocycles. The summed E-state index contributed by atoms with van der Waals surface area (Å²) in [6.07, 6.45) is -1.03. The Hall–Kier alpha value is -0.720. The van der Waals surface area contributed by atoms with E-state index in [1.807, 2.05) is 0 Å². The molecule has 0 saturated carbocycles. The van der Waals surface area contributed by atoms with Gasteiger partial charge in [-0.2, -0.15) is 0 Å². The molecule has 0 saturated heterocycles. The first-order chi connectivity index (χ1) is 4.66. The predicted octanol–water partition coefficient (Wildman–Crippen LogP) is -1.41. The lowest BCUT2D eigenvalue weighted by Crippen LogP contribution is -2.21. The van der Waals surface area contributed by atoms with Crippen LogP contribution in [0, 0.1) is 10.1 Å². The molecule has 10 heavy (non-hydrogen) atoms. The van der Waals surface area contributed by atoms with Gasteiger partial charge < -0.3 is 14.9 Å². The van der Waals surface area contributed by atoms with E-state index in [0.717, 1.165) is 0 Å². The fraction of sp³-hybridized carbons (Fsp3) is 1.00. The van der Waals surface area contributed by atoms with Gasteiger partial charge in [0.2, 0.25) is 0 Å². The van der Waals surface area contributed by atoms with Crippen molar-refractivity contribution in [1.82, 2.24) is 0 Å². The van der Waals surface area contributed by atoms with Crippen LogP contribution in [0.2, 0.25) is 0 Å². The molecule has 0 aromatic rings. The topological polar surface area (TPSA) is 92.8 Å². The third-order valence-electron chi connectivity index (χ3n) is 0.718. The number of rotatable bonds is 5. The Kier molecular flexibility index (Phi) is 4.73. The van der Waals surface area contributed by atoms with Crippen LogP contribution in [-0.4, -0.2) is 41.2 Å². The van der Waals surface area contributed by atoms with Crippen molar-refractivity contribution >= 4 is 0 Å². The molecular formula is C4H9NO5. The Morgan fingerprint density at radius 3 is 2.70 bits per heavy atom. The molecule has 0 amide bonds. The summed E-state index contributed by atoms with van der Waals surface area (Å²) in [6, 6.07) is 0. The Labute approximate surface area is 57.2 Å². The smallest absolute Gasteiger partial charge is 0.306 e. The normalized spacial score (nSPS) is 13.0. The Morgan fingerprint density at radius 2 is 2.30 bits per heavy atom. The second-order valence-electron chi connectivity index (χ2n) is 1.67. The SMILES string of the molecule is O=[N+]([O-])COCC(O)CO. The van der Waals surface area contributed by atoms with Crippen LogP contribution in [-0.2, 0) is 4.74 Å². The van der Waals surface area contributed by atoms with Gasteiger partial charge in [0.1, 0.15) is 6.10 Å². The molecule has 0 aliphatic heterocycles. The Morgan fingerprint density at radius 1 is 1.70 bits per heavy atom.